The maximum Gasteiger partial charge on any atom is 0.385 e. The van der Waals surface area contributed by atoms with Gasteiger partial charge in [-0.05, 0) is 6.92 Å². The molecule has 2 N–H and O–H groups in total. The number of cyclic esters (lactones) is 1. The number of ether oxygens (including phenoxy) is 1. The van der Waals surface area contributed by atoms with Crippen molar-refractivity contribution >= 4 is 5.97 Å². The smallest absolute Gasteiger partial charge is 0.385 e. The number of epoxide rings is 1. The number of hydrogen-bond acceptors (Lipinski definition) is 4. The third-order valence-electron chi connectivity index (χ3n) is 1.07. The van der Waals surface area contributed by atoms with E-state index in [1.54, 1.807) is 0 Å². The molecule has 0 aromatic carbocycles. The Bertz CT molecular complexity index is 130. The van der Waals surface area contributed by atoms with Crippen LogP contribution in [0.4, 0.5) is 0 Å². The molecule has 0 aliphatic carbocycles. The van der Waals surface area contributed by atoms with Gasteiger partial charge in [0, 0.05) is 0 Å². The zero-order chi connectivity index (χ0) is 6.36. The third kappa shape index (κ3) is 0.502. The van der Waals surface area contributed by atoms with Crippen molar-refractivity contribution < 1.29 is 19.7 Å². The average molecular weight is 118 g/mol. The summed E-state index contributed by atoms with van der Waals surface area (Å²) in [4.78, 5) is 10.0. The highest BCUT2D eigenvalue weighted by Gasteiger charge is 2.61. The second-order valence-corrected chi connectivity index (χ2v) is 1.76. The summed E-state index contributed by atoms with van der Waals surface area (Å²) in [7, 11) is 0. The van der Waals surface area contributed by atoms with Crippen LogP contribution in [0, 0.1) is 0 Å². The van der Waals surface area contributed by atoms with E-state index in [4.69, 9.17) is 10.2 Å². The molecule has 1 aliphatic rings. The molecule has 0 saturated carbocycles. The van der Waals surface area contributed by atoms with Gasteiger partial charge < -0.3 is 14.9 Å². The maximum atomic E-state index is 10.0. The summed E-state index contributed by atoms with van der Waals surface area (Å²) < 4.78 is 4.03. The first kappa shape index (κ1) is 5.53. The second kappa shape index (κ2) is 1.21. The van der Waals surface area contributed by atoms with Crippen LogP contribution in [-0.4, -0.2) is 28.1 Å². The summed E-state index contributed by atoms with van der Waals surface area (Å²) in [6.45, 7) is 1.28. The highest BCUT2D eigenvalue weighted by Crippen LogP contribution is 2.28. The quantitative estimate of drug-likeness (QED) is 0.416. The van der Waals surface area contributed by atoms with E-state index in [0.29, 0.717) is 0 Å². The predicted octanol–water partition coefficient (Wildman–Crippen LogP) is -1.39. The van der Waals surface area contributed by atoms with E-state index in [1.807, 2.05) is 0 Å². The van der Waals surface area contributed by atoms with Crippen LogP contribution < -0.4 is 0 Å². The van der Waals surface area contributed by atoms with Crippen LogP contribution in [0.3, 0.4) is 0 Å². The van der Waals surface area contributed by atoms with Gasteiger partial charge in [-0.1, -0.05) is 0 Å². The van der Waals surface area contributed by atoms with E-state index in [-0.39, 0.29) is 0 Å². The first-order chi connectivity index (χ1) is 3.57. The van der Waals surface area contributed by atoms with Crippen LogP contribution in [0.5, 0.6) is 0 Å². The van der Waals surface area contributed by atoms with Crippen molar-refractivity contribution in [2.75, 3.05) is 0 Å². The minimum absolute atomic E-state index is 0.757. The van der Waals surface area contributed by atoms with E-state index in [9.17, 15) is 4.79 Å². The average Bonchev–Trinajstić information content (AvgIpc) is 2.17. The standard InChI is InChI=1S/C4H6O4/c1-2(5)4(7)3(6)8-4/h2,5,7H,1H3. The van der Waals surface area contributed by atoms with Gasteiger partial charge >= 0.3 is 11.8 Å². The molecule has 2 atom stereocenters. The van der Waals surface area contributed by atoms with Gasteiger partial charge in [0.2, 0.25) is 0 Å². The van der Waals surface area contributed by atoms with Gasteiger partial charge in [0.15, 0.2) is 0 Å². The van der Waals surface area contributed by atoms with E-state index in [1.165, 1.54) is 6.92 Å². The molecular weight excluding hydrogens is 112 g/mol. The molecule has 2 unspecified atom stereocenters. The third-order valence-corrected chi connectivity index (χ3v) is 1.07. The second-order valence-electron chi connectivity index (χ2n) is 1.76. The molecule has 1 saturated heterocycles. The lowest BCUT2D eigenvalue weighted by Crippen LogP contribution is -2.27. The molecule has 0 spiro atoms. The molecule has 4 nitrogen and oxygen atoms in total. The Kier molecular flexibility index (Phi) is 0.835. The van der Waals surface area contributed by atoms with E-state index in [0.717, 1.165) is 0 Å². The van der Waals surface area contributed by atoms with Crippen molar-refractivity contribution in [1.29, 1.82) is 0 Å². The number of carbonyl (C=O) groups excluding carboxylic acids is 1. The number of aliphatic hydroxyl groups excluding tert-OH is 1. The highest BCUT2D eigenvalue weighted by molar-refractivity contribution is 5.91. The molecule has 4 heteroatoms. The van der Waals surface area contributed by atoms with Gasteiger partial charge in [-0.25, -0.2) is 4.79 Å². The Morgan fingerprint density at radius 1 is 1.88 bits per heavy atom. The lowest BCUT2D eigenvalue weighted by atomic mass is 10.2. The molecular formula is C4H6O4. The molecule has 0 amide bonds. The zero-order valence-corrected chi connectivity index (χ0v) is 4.29. The molecule has 8 heavy (non-hydrogen) atoms. The molecule has 0 radical (unpaired) electrons. The first-order valence-electron chi connectivity index (χ1n) is 2.21. The molecule has 46 valence electrons. The number of carbonyl (C=O) groups is 1. The topological polar surface area (TPSA) is 70.1 Å². The van der Waals surface area contributed by atoms with Gasteiger partial charge in [-0.3, -0.25) is 0 Å². The van der Waals surface area contributed by atoms with Crippen molar-refractivity contribution in [2.24, 2.45) is 0 Å². The van der Waals surface area contributed by atoms with Gasteiger partial charge in [0.05, 0.1) is 0 Å². The Morgan fingerprint density at radius 2 is 2.25 bits per heavy atom. The van der Waals surface area contributed by atoms with Crippen molar-refractivity contribution in [3.05, 3.63) is 0 Å². The fourth-order valence-electron chi connectivity index (χ4n) is 0.372. The van der Waals surface area contributed by atoms with Gasteiger partial charge in [0.1, 0.15) is 6.10 Å². The highest BCUT2D eigenvalue weighted by atomic mass is 16.8. The van der Waals surface area contributed by atoms with Crippen LogP contribution in [0.15, 0.2) is 0 Å². The molecule has 0 aromatic rings. The Morgan fingerprint density at radius 3 is 2.25 bits per heavy atom. The van der Waals surface area contributed by atoms with Crippen molar-refractivity contribution in [3.63, 3.8) is 0 Å². The minimum atomic E-state index is -1.88. The molecule has 0 aromatic heterocycles. The van der Waals surface area contributed by atoms with E-state index >= 15 is 0 Å². The predicted molar refractivity (Wildman–Crippen MR) is 22.7 cm³/mol. The molecule has 1 rings (SSSR count). The number of rotatable bonds is 1. The summed E-state index contributed by atoms with van der Waals surface area (Å²) in [5, 5.41) is 17.2. The van der Waals surface area contributed by atoms with Gasteiger partial charge in [-0.2, -0.15) is 0 Å². The largest absolute Gasteiger partial charge is 0.414 e. The monoisotopic (exact) mass is 118 g/mol. The Balaban J connectivity index is 2.59. The number of hydrogen-bond donors (Lipinski definition) is 2. The fourth-order valence-corrected chi connectivity index (χ4v) is 0.372. The Labute approximate surface area is 45.7 Å². The van der Waals surface area contributed by atoms with E-state index in [2.05, 4.69) is 4.74 Å². The van der Waals surface area contributed by atoms with Crippen molar-refractivity contribution in [3.8, 4) is 0 Å². The fraction of sp³-hybridized carbons (Fsp3) is 0.750. The minimum Gasteiger partial charge on any atom is -0.414 e. The SMILES string of the molecule is CC(O)C1(O)OC1=O. The van der Waals surface area contributed by atoms with Crippen LogP contribution in [0.1, 0.15) is 6.92 Å². The lowest BCUT2D eigenvalue weighted by Gasteiger charge is -2.00. The molecule has 0 bridgehead atoms. The summed E-state index contributed by atoms with van der Waals surface area (Å²) in [6, 6.07) is 0. The zero-order valence-electron chi connectivity index (χ0n) is 4.29. The van der Waals surface area contributed by atoms with Crippen LogP contribution in [0.2, 0.25) is 0 Å². The van der Waals surface area contributed by atoms with Crippen LogP contribution in [-0.2, 0) is 9.53 Å². The summed E-state index contributed by atoms with van der Waals surface area (Å²) in [5.41, 5.74) is 0. The first-order valence-corrected chi connectivity index (χ1v) is 2.21. The Hall–Kier alpha value is -0.610. The number of aliphatic hydroxyl groups is 2. The van der Waals surface area contributed by atoms with E-state index < -0.39 is 17.9 Å². The van der Waals surface area contributed by atoms with Crippen molar-refractivity contribution in [2.45, 2.75) is 18.8 Å². The molecule has 1 aliphatic heterocycles. The summed E-state index contributed by atoms with van der Waals surface area (Å²) >= 11 is 0. The summed E-state index contributed by atoms with van der Waals surface area (Å²) in [5.74, 6) is -2.63. The lowest BCUT2D eigenvalue weighted by molar-refractivity contribution is -0.119. The molecule has 1 fully saturated rings. The van der Waals surface area contributed by atoms with Crippen LogP contribution in [0.25, 0.3) is 0 Å². The normalized spacial score (nSPS) is 38.6. The van der Waals surface area contributed by atoms with Gasteiger partial charge in [0.25, 0.3) is 0 Å². The summed E-state index contributed by atoms with van der Waals surface area (Å²) in [6.07, 6.45) is -1.13. The van der Waals surface area contributed by atoms with Crippen LogP contribution >= 0.6 is 0 Å². The molecule has 1 heterocycles. The van der Waals surface area contributed by atoms with Gasteiger partial charge in [-0.15, -0.1) is 0 Å². The maximum absolute atomic E-state index is 10.0. The van der Waals surface area contributed by atoms with Crippen molar-refractivity contribution in [1.82, 2.24) is 0 Å².